The summed E-state index contributed by atoms with van der Waals surface area (Å²) in [4.78, 5) is 11.7. The molecule has 3 nitrogen and oxygen atoms in total. The van der Waals surface area contributed by atoms with Crippen LogP contribution in [0.2, 0.25) is 10.0 Å². The standard InChI is InChI=1S/C12H16Cl2N2O/c1-7(16-11(17)12(2,3)15)8-5-4-6-9(13)10(8)14/h4-7H,15H2,1-3H3,(H,16,17)/t7-/m1/s1. The second-order valence-electron chi connectivity index (χ2n) is 4.56. The molecule has 1 amide bonds. The highest BCUT2D eigenvalue weighted by atomic mass is 35.5. The minimum absolute atomic E-state index is 0.235. The highest BCUT2D eigenvalue weighted by Gasteiger charge is 2.24. The van der Waals surface area contributed by atoms with Crippen LogP contribution in [0.1, 0.15) is 32.4 Å². The topological polar surface area (TPSA) is 55.1 Å². The van der Waals surface area contributed by atoms with E-state index in [1.165, 1.54) is 0 Å². The summed E-state index contributed by atoms with van der Waals surface area (Å²) in [6.45, 7) is 5.13. The molecule has 0 radical (unpaired) electrons. The Balaban J connectivity index is 2.88. The van der Waals surface area contributed by atoms with Crippen molar-refractivity contribution in [1.82, 2.24) is 5.32 Å². The largest absolute Gasteiger partial charge is 0.348 e. The van der Waals surface area contributed by atoms with E-state index in [-0.39, 0.29) is 11.9 Å². The molecule has 0 fully saturated rings. The molecule has 0 aliphatic rings. The van der Waals surface area contributed by atoms with Gasteiger partial charge in [0.25, 0.3) is 0 Å². The molecule has 1 atom stereocenters. The molecule has 17 heavy (non-hydrogen) atoms. The van der Waals surface area contributed by atoms with Crippen molar-refractivity contribution >= 4 is 29.1 Å². The summed E-state index contributed by atoms with van der Waals surface area (Å²) < 4.78 is 0. The van der Waals surface area contributed by atoms with Crippen LogP contribution in [-0.2, 0) is 4.79 Å². The predicted molar refractivity (Wildman–Crippen MR) is 71.3 cm³/mol. The molecular formula is C12H16Cl2N2O. The molecule has 3 N–H and O–H groups in total. The maximum Gasteiger partial charge on any atom is 0.239 e. The van der Waals surface area contributed by atoms with Crippen LogP contribution in [0.15, 0.2) is 18.2 Å². The van der Waals surface area contributed by atoms with Gasteiger partial charge in [-0.1, -0.05) is 35.3 Å². The van der Waals surface area contributed by atoms with Gasteiger partial charge in [0.2, 0.25) is 5.91 Å². The van der Waals surface area contributed by atoms with Gasteiger partial charge in [0.1, 0.15) is 0 Å². The van der Waals surface area contributed by atoms with E-state index in [2.05, 4.69) is 5.32 Å². The van der Waals surface area contributed by atoms with Crippen LogP contribution >= 0.6 is 23.2 Å². The van der Waals surface area contributed by atoms with Crippen molar-refractivity contribution in [2.75, 3.05) is 0 Å². The number of nitrogens with one attached hydrogen (secondary N) is 1. The molecule has 1 aromatic carbocycles. The summed E-state index contributed by atoms with van der Waals surface area (Å²) in [6, 6.07) is 5.08. The van der Waals surface area contributed by atoms with Crippen LogP contribution in [0, 0.1) is 0 Å². The molecule has 5 heteroatoms. The minimum atomic E-state index is -0.917. The molecule has 1 aromatic rings. The van der Waals surface area contributed by atoms with E-state index < -0.39 is 5.54 Å². The van der Waals surface area contributed by atoms with E-state index in [0.29, 0.717) is 10.0 Å². The summed E-state index contributed by atoms with van der Waals surface area (Å²) in [7, 11) is 0. The molecule has 0 saturated carbocycles. The van der Waals surface area contributed by atoms with Crippen LogP contribution in [0.25, 0.3) is 0 Å². The molecule has 0 aliphatic heterocycles. The van der Waals surface area contributed by atoms with Crippen molar-refractivity contribution in [3.63, 3.8) is 0 Å². The maximum absolute atomic E-state index is 11.7. The van der Waals surface area contributed by atoms with Gasteiger partial charge in [0.05, 0.1) is 21.6 Å². The Morgan fingerprint density at radius 2 is 2.00 bits per heavy atom. The highest BCUT2D eigenvalue weighted by molar-refractivity contribution is 6.42. The number of carbonyl (C=O) groups is 1. The van der Waals surface area contributed by atoms with E-state index in [9.17, 15) is 4.79 Å². The molecule has 1 rings (SSSR count). The first-order valence-electron chi connectivity index (χ1n) is 5.27. The van der Waals surface area contributed by atoms with Crippen molar-refractivity contribution in [3.05, 3.63) is 33.8 Å². The van der Waals surface area contributed by atoms with E-state index in [1.54, 1.807) is 26.0 Å². The van der Waals surface area contributed by atoms with Gasteiger partial charge < -0.3 is 11.1 Å². The van der Waals surface area contributed by atoms with Crippen LogP contribution in [0.5, 0.6) is 0 Å². The highest BCUT2D eigenvalue weighted by Crippen LogP contribution is 2.29. The molecule has 0 heterocycles. The van der Waals surface area contributed by atoms with Gasteiger partial charge in [-0.05, 0) is 32.4 Å². The molecule has 94 valence electrons. The molecular weight excluding hydrogens is 259 g/mol. The minimum Gasteiger partial charge on any atom is -0.348 e. The summed E-state index contributed by atoms with van der Waals surface area (Å²) in [5, 5.41) is 3.72. The number of carbonyl (C=O) groups excluding carboxylic acids is 1. The van der Waals surface area contributed by atoms with Crippen molar-refractivity contribution in [1.29, 1.82) is 0 Å². The van der Waals surface area contributed by atoms with Crippen molar-refractivity contribution < 1.29 is 4.79 Å². The summed E-state index contributed by atoms with van der Waals surface area (Å²) in [5.74, 6) is -0.235. The number of rotatable bonds is 3. The number of halogens is 2. The fraction of sp³-hybridized carbons (Fsp3) is 0.417. The van der Waals surface area contributed by atoms with Gasteiger partial charge in [-0.25, -0.2) is 0 Å². The molecule has 0 bridgehead atoms. The Morgan fingerprint density at radius 3 is 2.53 bits per heavy atom. The SMILES string of the molecule is C[C@@H](NC(=O)C(C)(C)N)c1cccc(Cl)c1Cl. The van der Waals surface area contributed by atoms with Crippen LogP contribution in [0.3, 0.4) is 0 Å². The Bertz CT molecular complexity index is 427. The first-order valence-corrected chi connectivity index (χ1v) is 6.03. The fourth-order valence-electron chi connectivity index (χ4n) is 1.32. The Hall–Kier alpha value is -0.770. The van der Waals surface area contributed by atoms with Gasteiger partial charge in [0, 0.05) is 0 Å². The van der Waals surface area contributed by atoms with Gasteiger partial charge in [-0.3, -0.25) is 4.79 Å². The Kier molecular flexibility index (Phi) is 4.42. The third-order valence-corrected chi connectivity index (χ3v) is 3.21. The zero-order valence-electron chi connectivity index (χ0n) is 10.1. The normalized spacial score (nSPS) is 13.3. The average Bonchev–Trinajstić information content (AvgIpc) is 2.20. The molecule has 0 aliphatic carbocycles. The quantitative estimate of drug-likeness (QED) is 0.891. The van der Waals surface area contributed by atoms with Gasteiger partial charge in [0.15, 0.2) is 0 Å². The average molecular weight is 275 g/mol. The summed E-state index contributed by atoms with van der Waals surface area (Å²) in [5.41, 5.74) is 5.56. The van der Waals surface area contributed by atoms with Crippen molar-refractivity contribution in [3.8, 4) is 0 Å². The number of hydrogen-bond donors (Lipinski definition) is 2. The van der Waals surface area contributed by atoms with Crippen LogP contribution < -0.4 is 11.1 Å². The number of amides is 1. The van der Waals surface area contributed by atoms with Crippen LogP contribution in [-0.4, -0.2) is 11.4 Å². The predicted octanol–water partition coefficient (Wildman–Crippen LogP) is 2.91. The van der Waals surface area contributed by atoms with Gasteiger partial charge in [-0.2, -0.15) is 0 Å². The van der Waals surface area contributed by atoms with Gasteiger partial charge in [-0.15, -0.1) is 0 Å². The maximum atomic E-state index is 11.7. The number of benzene rings is 1. The van der Waals surface area contributed by atoms with Crippen molar-refractivity contribution in [2.45, 2.75) is 32.4 Å². The van der Waals surface area contributed by atoms with E-state index >= 15 is 0 Å². The first-order chi connectivity index (χ1) is 7.73. The van der Waals surface area contributed by atoms with Crippen LogP contribution in [0.4, 0.5) is 0 Å². The zero-order chi connectivity index (χ0) is 13.2. The lowest BCUT2D eigenvalue weighted by atomic mass is 10.0. The first kappa shape index (κ1) is 14.3. The smallest absolute Gasteiger partial charge is 0.239 e. The third-order valence-electron chi connectivity index (χ3n) is 2.38. The van der Waals surface area contributed by atoms with E-state index in [1.807, 2.05) is 13.0 Å². The second-order valence-corrected chi connectivity index (χ2v) is 5.35. The number of hydrogen-bond acceptors (Lipinski definition) is 2. The zero-order valence-corrected chi connectivity index (χ0v) is 11.6. The molecule has 0 saturated heterocycles. The van der Waals surface area contributed by atoms with Gasteiger partial charge >= 0.3 is 0 Å². The second kappa shape index (κ2) is 5.25. The van der Waals surface area contributed by atoms with Crippen molar-refractivity contribution in [2.24, 2.45) is 5.73 Å². The summed E-state index contributed by atoms with van der Waals surface area (Å²) >= 11 is 12.0. The Morgan fingerprint density at radius 1 is 1.41 bits per heavy atom. The van der Waals surface area contributed by atoms with E-state index in [0.717, 1.165) is 5.56 Å². The monoisotopic (exact) mass is 274 g/mol. The lowest BCUT2D eigenvalue weighted by Gasteiger charge is -2.22. The van der Waals surface area contributed by atoms with E-state index in [4.69, 9.17) is 28.9 Å². The molecule has 0 unspecified atom stereocenters. The fourth-order valence-corrected chi connectivity index (χ4v) is 1.79. The Labute approximate surface area is 111 Å². The summed E-state index contributed by atoms with van der Waals surface area (Å²) in [6.07, 6.45) is 0. The lowest BCUT2D eigenvalue weighted by Crippen LogP contribution is -2.49. The number of nitrogens with two attached hydrogens (primary N) is 1. The lowest BCUT2D eigenvalue weighted by molar-refractivity contribution is -0.125. The molecule has 0 aromatic heterocycles. The third kappa shape index (κ3) is 3.60. The molecule has 0 spiro atoms.